The minimum Gasteiger partial charge on any atom is -0.496 e. The number of guanidine groups is 1. The Kier molecular flexibility index (Phi) is 14.0. The standard InChI is InChI=1S/C46H55N5O10S/c1-27-28(2)42(29(3)32-20-21-46(4,5)61-41(27)32)62(55,56)51-44(47)49-22-12-17-38(43(53)59-24-30-18-19-31(23-39(30)57-7)58-26-40(52)48-6)50-45(54)60-25-37-35-15-10-8-13-33(35)34-14-9-11-16-36(34)37/h8-11,13-16,18-19,23,37-38H,12,17,20-22,24-26H2,1-7H3,(H,48,52)(H,50,54)(H3,47,49,51)/t38-/m1/s1. The van der Waals surface area contributed by atoms with Gasteiger partial charge in [-0.15, -0.1) is 0 Å². The van der Waals surface area contributed by atoms with Crippen LogP contribution in [-0.2, 0) is 42.1 Å². The van der Waals surface area contributed by atoms with Gasteiger partial charge in [0.05, 0.1) is 12.0 Å². The van der Waals surface area contributed by atoms with Crippen molar-refractivity contribution in [2.75, 3.05) is 33.9 Å². The fraction of sp³-hybridized carbons (Fsp3) is 0.391. The third-order valence-corrected chi connectivity index (χ3v) is 12.9. The number of nitrogens with zero attached hydrogens (tertiary/aromatic N) is 1. The maximum absolute atomic E-state index is 13.8. The number of esters is 1. The molecule has 62 heavy (non-hydrogen) atoms. The zero-order valence-electron chi connectivity index (χ0n) is 36.2. The molecule has 0 spiro atoms. The van der Waals surface area contributed by atoms with Gasteiger partial charge in [0.25, 0.3) is 15.9 Å². The molecule has 0 unspecified atom stereocenters. The Bertz CT molecular complexity index is 2440. The van der Waals surface area contributed by atoms with Gasteiger partial charge in [-0.2, -0.15) is 0 Å². The first-order valence-electron chi connectivity index (χ1n) is 20.5. The predicted octanol–water partition coefficient (Wildman–Crippen LogP) is 5.87. The van der Waals surface area contributed by atoms with Gasteiger partial charge in [-0.3, -0.25) is 9.79 Å². The van der Waals surface area contributed by atoms with E-state index < -0.39 is 28.1 Å². The average Bonchev–Trinajstić information content (AvgIpc) is 3.56. The van der Waals surface area contributed by atoms with Gasteiger partial charge >= 0.3 is 12.1 Å². The van der Waals surface area contributed by atoms with E-state index in [2.05, 4.69) is 20.3 Å². The van der Waals surface area contributed by atoms with Crippen LogP contribution >= 0.6 is 0 Å². The highest BCUT2D eigenvalue weighted by Gasteiger charge is 2.34. The molecule has 1 atom stereocenters. The van der Waals surface area contributed by atoms with Crippen molar-refractivity contribution in [2.45, 2.75) is 89.4 Å². The molecule has 0 fully saturated rings. The average molecular weight is 870 g/mol. The number of hydrogen-bond acceptors (Lipinski definition) is 11. The molecule has 0 radical (unpaired) electrons. The van der Waals surface area contributed by atoms with Gasteiger partial charge in [-0.1, -0.05) is 48.5 Å². The number of aliphatic imine (C=N–C) groups is 1. The van der Waals surface area contributed by atoms with Crippen molar-refractivity contribution in [3.8, 4) is 28.4 Å². The Morgan fingerprint density at radius 1 is 0.952 bits per heavy atom. The van der Waals surface area contributed by atoms with E-state index in [9.17, 15) is 22.8 Å². The molecule has 0 aromatic heterocycles. The highest BCUT2D eigenvalue weighted by molar-refractivity contribution is 7.90. The maximum Gasteiger partial charge on any atom is 0.407 e. The lowest BCUT2D eigenvalue weighted by molar-refractivity contribution is -0.147. The van der Waals surface area contributed by atoms with Crippen LogP contribution in [0.2, 0.25) is 0 Å². The molecule has 0 bridgehead atoms. The molecule has 0 saturated carbocycles. The Morgan fingerprint density at radius 3 is 2.29 bits per heavy atom. The summed E-state index contributed by atoms with van der Waals surface area (Å²) in [7, 11) is -1.18. The molecule has 2 amide bonds. The Hall–Kier alpha value is -6.29. The second kappa shape index (κ2) is 19.2. The molecule has 0 saturated heterocycles. The van der Waals surface area contributed by atoms with Gasteiger partial charge in [0.1, 0.15) is 42.1 Å². The third kappa shape index (κ3) is 10.2. The SMILES string of the molecule is CNC(=O)COc1ccc(COC(=O)[C@@H](CCCN=C(N)NS(=O)(=O)c2c(C)c(C)c3c(c2C)CCC(C)(C)O3)NC(=O)OCC2c3ccccc3-c3ccccc32)c(OC)c1. The number of benzene rings is 4. The zero-order chi connectivity index (χ0) is 44.8. The molecule has 1 aliphatic heterocycles. The van der Waals surface area contributed by atoms with Crippen LogP contribution in [0.3, 0.4) is 0 Å². The summed E-state index contributed by atoms with van der Waals surface area (Å²) < 4.78 is 58.6. The van der Waals surface area contributed by atoms with Crippen LogP contribution in [0.4, 0.5) is 4.79 Å². The number of fused-ring (bicyclic) bond motifs is 4. The van der Waals surface area contributed by atoms with Crippen LogP contribution in [0, 0.1) is 20.8 Å². The number of alkyl carbamates (subject to hydrolysis) is 1. The van der Waals surface area contributed by atoms with E-state index in [-0.39, 0.29) is 67.5 Å². The van der Waals surface area contributed by atoms with E-state index >= 15 is 0 Å². The number of carbonyl (C=O) groups is 3. The van der Waals surface area contributed by atoms with E-state index in [0.717, 1.165) is 45.6 Å². The van der Waals surface area contributed by atoms with Gasteiger partial charge in [-0.25, -0.2) is 22.7 Å². The summed E-state index contributed by atoms with van der Waals surface area (Å²) in [6.45, 7) is 9.03. The molecule has 4 aromatic rings. The number of rotatable bonds is 16. The zero-order valence-corrected chi connectivity index (χ0v) is 37.0. The molecule has 1 heterocycles. The second-order valence-electron chi connectivity index (χ2n) is 16.0. The number of methoxy groups -OCH3 is 1. The third-order valence-electron chi connectivity index (χ3n) is 11.3. The smallest absolute Gasteiger partial charge is 0.407 e. The summed E-state index contributed by atoms with van der Waals surface area (Å²) in [4.78, 5) is 43.1. The summed E-state index contributed by atoms with van der Waals surface area (Å²) in [5.74, 6) is -0.133. The first-order valence-corrected chi connectivity index (χ1v) is 21.9. The number of carbonyl (C=O) groups excluding carboxylic acids is 3. The summed E-state index contributed by atoms with van der Waals surface area (Å²) in [5.41, 5.74) is 13.3. The van der Waals surface area contributed by atoms with E-state index in [1.165, 1.54) is 14.2 Å². The van der Waals surface area contributed by atoms with Crippen LogP contribution < -0.4 is 35.3 Å². The lowest BCUT2D eigenvalue weighted by Gasteiger charge is -2.35. The first-order chi connectivity index (χ1) is 29.5. The quantitative estimate of drug-likeness (QED) is 0.0453. The molecular formula is C46H55N5O10S. The monoisotopic (exact) mass is 869 g/mol. The molecule has 6 rings (SSSR count). The second-order valence-corrected chi connectivity index (χ2v) is 17.6. The van der Waals surface area contributed by atoms with E-state index in [1.54, 1.807) is 32.0 Å². The lowest BCUT2D eigenvalue weighted by Crippen LogP contribution is -2.42. The highest BCUT2D eigenvalue weighted by Crippen LogP contribution is 2.45. The molecular weight excluding hydrogens is 815 g/mol. The predicted molar refractivity (Wildman–Crippen MR) is 234 cm³/mol. The van der Waals surface area contributed by atoms with E-state index in [4.69, 9.17) is 29.4 Å². The number of sulfonamides is 1. The lowest BCUT2D eigenvalue weighted by atomic mass is 9.88. The molecule has 5 N–H and O–H groups in total. The Morgan fingerprint density at radius 2 is 1.63 bits per heavy atom. The minimum atomic E-state index is -4.13. The minimum absolute atomic E-state index is 0.0138. The molecule has 15 nitrogen and oxygen atoms in total. The molecule has 330 valence electrons. The van der Waals surface area contributed by atoms with Crippen LogP contribution in [0.15, 0.2) is 76.6 Å². The van der Waals surface area contributed by atoms with Crippen molar-refractivity contribution < 1.29 is 46.5 Å². The highest BCUT2D eigenvalue weighted by atomic mass is 32.2. The van der Waals surface area contributed by atoms with Crippen LogP contribution in [0.1, 0.15) is 78.0 Å². The number of hydrogen-bond donors (Lipinski definition) is 4. The van der Waals surface area contributed by atoms with E-state index in [0.29, 0.717) is 34.6 Å². The number of nitrogens with one attached hydrogen (secondary N) is 3. The number of amides is 2. The molecule has 16 heteroatoms. The van der Waals surface area contributed by atoms with Crippen molar-refractivity contribution >= 4 is 34.0 Å². The fourth-order valence-electron chi connectivity index (χ4n) is 7.90. The number of ether oxygens (including phenoxy) is 5. The maximum atomic E-state index is 13.8. The van der Waals surface area contributed by atoms with Crippen LogP contribution in [0.5, 0.6) is 17.2 Å². The largest absolute Gasteiger partial charge is 0.496 e. The van der Waals surface area contributed by atoms with Crippen molar-refractivity contribution in [1.29, 1.82) is 0 Å². The summed E-state index contributed by atoms with van der Waals surface area (Å²) in [6, 6.07) is 19.6. The van der Waals surface area contributed by atoms with Gasteiger partial charge in [-0.05, 0) is 117 Å². The van der Waals surface area contributed by atoms with Gasteiger partial charge in [0, 0.05) is 31.1 Å². The van der Waals surface area contributed by atoms with Gasteiger partial charge < -0.3 is 40.1 Å². The Labute approximate surface area is 362 Å². The van der Waals surface area contributed by atoms with Crippen molar-refractivity contribution in [3.05, 3.63) is 106 Å². The number of nitrogens with two attached hydrogens (primary N) is 1. The molecule has 1 aliphatic carbocycles. The van der Waals surface area contributed by atoms with E-state index in [1.807, 2.05) is 69.3 Å². The normalized spacial score (nSPS) is 14.6. The summed E-state index contributed by atoms with van der Waals surface area (Å²) in [5, 5.41) is 5.15. The van der Waals surface area contributed by atoms with Gasteiger partial charge in [0.2, 0.25) is 5.96 Å². The fourth-order valence-corrected chi connectivity index (χ4v) is 9.43. The van der Waals surface area contributed by atoms with Crippen LogP contribution in [-0.4, -0.2) is 77.9 Å². The topological polar surface area (TPSA) is 206 Å². The Balaban J connectivity index is 1.13. The van der Waals surface area contributed by atoms with Crippen molar-refractivity contribution in [1.82, 2.24) is 15.4 Å². The van der Waals surface area contributed by atoms with Gasteiger partial charge in [0.15, 0.2) is 6.61 Å². The van der Waals surface area contributed by atoms with Crippen molar-refractivity contribution in [3.63, 3.8) is 0 Å². The number of likely N-dealkylation sites (N-methyl/N-ethyl adjacent to an activating group) is 1. The summed E-state index contributed by atoms with van der Waals surface area (Å²) >= 11 is 0. The van der Waals surface area contributed by atoms with Crippen molar-refractivity contribution in [2.24, 2.45) is 10.7 Å². The van der Waals surface area contributed by atoms with Crippen LogP contribution in [0.25, 0.3) is 11.1 Å². The summed E-state index contributed by atoms with van der Waals surface area (Å²) in [6.07, 6.45) is 0.844. The molecule has 2 aliphatic rings. The molecule has 4 aromatic carbocycles. The first kappa shape index (κ1) is 45.2.